The number of piperidine rings is 1. The number of amides is 1. The summed E-state index contributed by atoms with van der Waals surface area (Å²) in [5.74, 6) is 0.453. The number of sulfonamides is 1. The van der Waals surface area contributed by atoms with Crippen molar-refractivity contribution in [3.8, 4) is 0 Å². The van der Waals surface area contributed by atoms with Crippen molar-refractivity contribution in [2.24, 2.45) is 11.8 Å². The predicted molar refractivity (Wildman–Crippen MR) is 93.8 cm³/mol. The summed E-state index contributed by atoms with van der Waals surface area (Å²) in [7, 11) is -3.15. The molecule has 1 aliphatic rings. The van der Waals surface area contributed by atoms with Crippen LogP contribution in [0.3, 0.4) is 0 Å². The Morgan fingerprint density at radius 2 is 2.04 bits per heavy atom. The molecule has 2 heterocycles. The van der Waals surface area contributed by atoms with Gasteiger partial charge < -0.3 is 5.32 Å². The quantitative estimate of drug-likeness (QED) is 0.850. The molecule has 1 amide bonds. The molecule has 1 aliphatic heterocycles. The molecular weight excluding hydrogens is 332 g/mol. The largest absolute Gasteiger partial charge is 0.348 e. The average molecular weight is 359 g/mol. The summed E-state index contributed by atoms with van der Waals surface area (Å²) in [5.41, 5.74) is 0. The molecular formula is C16H26N2O3S2. The molecule has 1 N–H and O–H groups in total. The van der Waals surface area contributed by atoms with Gasteiger partial charge >= 0.3 is 0 Å². The van der Waals surface area contributed by atoms with E-state index in [0.717, 1.165) is 6.42 Å². The number of nitrogens with zero attached hydrogens (tertiary/aromatic N) is 1. The third-order valence-electron chi connectivity index (χ3n) is 4.20. The fourth-order valence-electron chi connectivity index (χ4n) is 2.95. The minimum Gasteiger partial charge on any atom is -0.348 e. The number of carbonyl (C=O) groups excluding carboxylic acids is 1. The molecule has 0 saturated carbocycles. The Morgan fingerprint density at radius 1 is 1.39 bits per heavy atom. The summed E-state index contributed by atoms with van der Waals surface area (Å²) in [6, 6.07) is 4.12. The fourth-order valence-corrected chi connectivity index (χ4v) is 4.61. The zero-order chi connectivity index (χ0) is 17.0. The van der Waals surface area contributed by atoms with Crippen LogP contribution in [0.4, 0.5) is 0 Å². The van der Waals surface area contributed by atoms with Crippen molar-refractivity contribution < 1.29 is 13.2 Å². The van der Waals surface area contributed by atoms with Crippen molar-refractivity contribution in [3.63, 3.8) is 0 Å². The number of carbonyl (C=O) groups is 1. The van der Waals surface area contributed by atoms with Gasteiger partial charge in [-0.3, -0.25) is 4.79 Å². The summed E-state index contributed by atoms with van der Waals surface area (Å²) < 4.78 is 24.5. The first kappa shape index (κ1) is 18.4. The topological polar surface area (TPSA) is 66.5 Å². The van der Waals surface area contributed by atoms with E-state index in [2.05, 4.69) is 25.2 Å². The first-order valence-corrected chi connectivity index (χ1v) is 10.8. The highest BCUT2D eigenvalue weighted by molar-refractivity contribution is 7.88. The Kier molecular flexibility index (Phi) is 6.22. The second kappa shape index (κ2) is 7.77. The van der Waals surface area contributed by atoms with Crippen molar-refractivity contribution in [3.05, 3.63) is 22.4 Å². The minimum absolute atomic E-state index is 0.0513. The summed E-state index contributed by atoms with van der Waals surface area (Å²) in [4.78, 5) is 13.7. The second-order valence-corrected chi connectivity index (χ2v) is 9.60. The third kappa shape index (κ3) is 5.29. The lowest BCUT2D eigenvalue weighted by atomic mass is 9.95. The van der Waals surface area contributed by atoms with E-state index >= 15 is 0 Å². The molecule has 0 unspecified atom stereocenters. The molecule has 1 aromatic heterocycles. The van der Waals surface area contributed by atoms with Crippen LogP contribution in [0.5, 0.6) is 0 Å². The molecule has 130 valence electrons. The SMILES string of the molecule is CC(C)C[C@@H](NC(=O)C1CCN(S(C)(=O)=O)CC1)c1cccs1. The van der Waals surface area contributed by atoms with Crippen molar-refractivity contribution in [2.75, 3.05) is 19.3 Å². The Balaban J connectivity index is 1.95. The van der Waals surface area contributed by atoms with E-state index in [1.54, 1.807) is 11.3 Å². The van der Waals surface area contributed by atoms with E-state index in [9.17, 15) is 13.2 Å². The minimum atomic E-state index is -3.15. The van der Waals surface area contributed by atoms with E-state index in [4.69, 9.17) is 0 Å². The van der Waals surface area contributed by atoms with Crippen LogP contribution in [0.15, 0.2) is 17.5 Å². The van der Waals surface area contributed by atoms with Crippen LogP contribution in [0.25, 0.3) is 0 Å². The standard InChI is InChI=1S/C16H26N2O3S2/c1-12(2)11-14(15-5-4-10-22-15)17-16(19)13-6-8-18(9-7-13)23(3,20)21/h4-5,10,12-14H,6-9,11H2,1-3H3,(H,17,19)/t14-/m1/s1. The van der Waals surface area contributed by atoms with Crippen molar-refractivity contribution in [2.45, 2.75) is 39.2 Å². The van der Waals surface area contributed by atoms with Crippen molar-refractivity contribution in [1.29, 1.82) is 0 Å². The molecule has 1 fully saturated rings. The van der Waals surface area contributed by atoms with Gasteiger partial charge in [0.25, 0.3) is 0 Å². The van der Waals surface area contributed by atoms with Gasteiger partial charge in [0, 0.05) is 23.9 Å². The number of nitrogens with one attached hydrogen (secondary N) is 1. The molecule has 0 spiro atoms. The molecule has 7 heteroatoms. The third-order valence-corrected chi connectivity index (χ3v) is 6.49. The molecule has 23 heavy (non-hydrogen) atoms. The van der Waals surface area contributed by atoms with Gasteiger partial charge in [0.2, 0.25) is 15.9 Å². The zero-order valence-electron chi connectivity index (χ0n) is 14.0. The van der Waals surface area contributed by atoms with Crippen LogP contribution in [0, 0.1) is 11.8 Å². The predicted octanol–water partition coefficient (Wildman–Crippen LogP) is 2.62. The highest BCUT2D eigenvalue weighted by Crippen LogP contribution is 2.27. The number of hydrogen-bond donors (Lipinski definition) is 1. The van der Waals surface area contributed by atoms with Crippen molar-refractivity contribution >= 4 is 27.3 Å². The maximum absolute atomic E-state index is 12.6. The zero-order valence-corrected chi connectivity index (χ0v) is 15.6. The van der Waals surface area contributed by atoms with Gasteiger partial charge in [-0.1, -0.05) is 19.9 Å². The van der Waals surface area contributed by atoms with Crippen LogP contribution in [-0.2, 0) is 14.8 Å². The number of hydrogen-bond acceptors (Lipinski definition) is 4. The Labute approximate surface area is 143 Å². The van der Waals surface area contributed by atoms with E-state index in [0.29, 0.717) is 31.8 Å². The summed E-state index contributed by atoms with van der Waals surface area (Å²) in [6.45, 7) is 5.17. The summed E-state index contributed by atoms with van der Waals surface area (Å²) in [6.07, 6.45) is 3.33. The second-order valence-electron chi connectivity index (χ2n) is 6.64. The molecule has 0 bridgehead atoms. The van der Waals surface area contributed by atoms with Crippen LogP contribution < -0.4 is 5.32 Å². The maximum Gasteiger partial charge on any atom is 0.223 e. The molecule has 0 radical (unpaired) electrons. The Hall–Kier alpha value is -0.920. The van der Waals surface area contributed by atoms with Gasteiger partial charge in [0.1, 0.15) is 0 Å². The van der Waals surface area contributed by atoms with Gasteiger partial charge in [-0.05, 0) is 36.6 Å². The average Bonchev–Trinajstić information content (AvgIpc) is 2.99. The molecule has 0 aliphatic carbocycles. The van der Waals surface area contributed by atoms with Gasteiger partial charge in [-0.25, -0.2) is 12.7 Å². The monoisotopic (exact) mass is 358 g/mol. The van der Waals surface area contributed by atoms with Crippen LogP contribution in [-0.4, -0.2) is 38.0 Å². The van der Waals surface area contributed by atoms with E-state index < -0.39 is 10.0 Å². The van der Waals surface area contributed by atoms with Gasteiger partial charge in [-0.15, -0.1) is 11.3 Å². The molecule has 5 nitrogen and oxygen atoms in total. The molecule has 1 atom stereocenters. The molecule has 0 aromatic carbocycles. The first-order chi connectivity index (χ1) is 10.8. The summed E-state index contributed by atoms with van der Waals surface area (Å²) in [5, 5.41) is 5.20. The Bertz CT molecular complexity index is 603. The van der Waals surface area contributed by atoms with Crippen LogP contribution in [0.1, 0.15) is 44.0 Å². The normalized spacial score (nSPS) is 19.0. The molecule has 2 rings (SSSR count). The molecule has 1 saturated heterocycles. The van der Waals surface area contributed by atoms with Crippen molar-refractivity contribution in [1.82, 2.24) is 9.62 Å². The maximum atomic E-state index is 12.6. The van der Waals surface area contributed by atoms with E-state index in [1.165, 1.54) is 15.4 Å². The smallest absolute Gasteiger partial charge is 0.223 e. The number of thiophene rings is 1. The highest BCUT2D eigenvalue weighted by atomic mass is 32.2. The van der Waals surface area contributed by atoms with Crippen LogP contribution >= 0.6 is 11.3 Å². The van der Waals surface area contributed by atoms with E-state index in [1.807, 2.05) is 11.4 Å². The van der Waals surface area contributed by atoms with Crippen LogP contribution in [0.2, 0.25) is 0 Å². The lowest BCUT2D eigenvalue weighted by molar-refractivity contribution is -0.127. The fraction of sp³-hybridized carbons (Fsp3) is 0.688. The van der Waals surface area contributed by atoms with E-state index in [-0.39, 0.29) is 17.9 Å². The lowest BCUT2D eigenvalue weighted by Crippen LogP contribution is -2.43. The van der Waals surface area contributed by atoms with Gasteiger partial charge in [0.15, 0.2) is 0 Å². The van der Waals surface area contributed by atoms with Gasteiger partial charge in [-0.2, -0.15) is 0 Å². The summed E-state index contributed by atoms with van der Waals surface area (Å²) >= 11 is 1.66. The van der Waals surface area contributed by atoms with Gasteiger partial charge in [0.05, 0.1) is 12.3 Å². The Morgan fingerprint density at radius 3 is 2.52 bits per heavy atom. The lowest BCUT2D eigenvalue weighted by Gasteiger charge is -2.30. The first-order valence-electron chi connectivity index (χ1n) is 8.06. The molecule has 1 aromatic rings. The number of rotatable bonds is 6. The highest BCUT2D eigenvalue weighted by Gasteiger charge is 2.30.